The zero-order valence-corrected chi connectivity index (χ0v) is 22.5. The van der Waals surface area contributed by atoms with Crippen LogP contribution in [0.2, 0.25) is 0 Å². The molecule has 1 aliphatic heterocycles. The molecule has 4 rings (SSSR count). The van der Waals surface area contributed by atoms with Crippen LogP contribution in [-0.4, -0.2) is 18.0 Å². The van der Waals surface area contributed by atoms with Crippen molar-refractivity contribution in [3.8, 4) is 11.5 Å². The largest absolute Gasteiger partial charge is 0.490 e. The van der Waals surface area contributed by atoms with E-state index in [0.29, 0.717) is 29.6 Å². The summed E-state index contributed by atoms with van der Waals surface area (Å²) in [4.78, 5) is 13.3. The zero-order valence-electron chi connectivity index (χ0n) is 20.1. The molecule has 7 heteroatoms. The van der Waals surface area contributed by atoms with Gasteiger partial charge in [0, 0.05) is 10.2 Å². The fourth-order valence-corrected chi connectivity index (χ4v) is 5.11. The quantitative estimate of drug-likeness (QED) is 0.283. The molecular formula is C28H29BrN2O3S. The number of anilines is 1. The Morgan fingerprint density at radius 1 is 1.03 bits per heavy atom. The molecule has 0 bridgehead atoms. The standard InChI is InChI=1S/C28H29BrN2O3S/c1-4-19-9-11-22(12-10-19)30-28-31-27(32)26(35-28)15-21-14-24(33-5-2)25(16-23(21)29)34-17-20-8-6-7-18(3)13-20/h6-16,28,30H,4-5,17H2,1-3H3,(H,31,32)/b26-15-/t28-/m1/s1. The van der Waals surface area contributed by atoms with Crippen molar-refractivity contribution < 1.29 is 14.3 Å². The second-order valence-corrected chi connectivity index (χ2v) is 10.2. The lowest BCUT2D eigenvalue weighted by Gasteiger charge is -2.14. The molecule has 0 aromatic heterocycles. The van der Waals surface area contributed by atoms with Gasteiger partial charge >= 0.3 is 0 Å². The molecule has 5 nitrogen and oxygen atoms in total. The Hall–Kier alpha value is -2.90. The Kier molecular flexibility index (Phi) is 8.42. The smallest absolute Gasteiger partial charge is 0.260 e. The maximum absolute atomic E-state index is 12.6. The number of aryl methyl sites for hydroxylation is 2. The molecule has 2 N–H and O–H groups in total. The minimum absolute atomic E-state index is 0.109. The van der Waals surface area contributed by atoms with Crippen LogP contribution < -0.4 is 20.1 Å². The van der Waals surface area contributed by atoms with E-state index in [-0.39, 0.29) is 11.4 Å². The van der Waals surface area contributed by atoms with E-state index >= 15 is 0 Å². The fourth-order valence-electron chi connectivity index (χ4n) is 3.70. The van der Waals surface area contributed by atoms with Gasteiger partial charge in [-0.25, -0.2) is 0 Å². The Labute approximate surface area is 219 Å². The van der Waals surface area contributed by atoms with Gasteiger partial charge in [0.1, 0.15) is 6.61 Å². The molecule has 0 aliphatic carbocycles. The summed E-state index contributed by atoms with van der Waals surface area (Å²) in [6.07, 6.45) is 2.87. The van der Waals surface area contributed by atoms with E-state index in [4.69, 9.17) is 9.47 Å². The van der Waals surface area contributed by atoms with E-state index in [1.165, 1.54) is 22.9 Å². The molecule has 3 aromatic carbocycles. The SMILES string of the molecule is CCOc1cc(/C=C2\S[C@H](Nc3ccc(CC)cc3)NC2=O)c(Br)cc1OCc1cccc(C)c1. The van der Waals surface area contributed by atoms with E-state index in [2.05, 4.69) is 64.7 Å². The maximum Gasteiger partial charge on any atom is 0.260 e. The molecule has 0 radical (unpaired) electrons. The van der Waals surface area contributed by atoms with Crippen LogP contribution in [0.25, 0.3) is 6.08 Å². The van der Waals surface area contributed by atoms with Gasteiger partial charge in [-0.1, -0.05) is 76.6 Å². The summed E-state index contributed by atoms with van der Waals surface area (Å²) in [5.74, 6) is 1.19. The van der Waals surface area contributed by atoms with Crippen molar-refractivity contribution in [3.63, 3.8) is 0 Å². The van der Waals surface area contributed by atoms with Gasteiger partial charge in [-0.05, 0) is 67.3 Å². The van der Waals surface area contributed by atoms with E-state index < -0.39 is 0 Å². The van der Waals surface area contributed by atoms with Gasteiger partial charge in [0.05, 0.1) is 11.5 Å². The van der Waals surface area contributed by atoms with E-state index in [9.17, 15) is 4.79 Å². The molecule has 0 saturated carbocycles. The summed E-state index contributed by atoms with van der Waals surface area (Å²) in [6.45, 7) is 7.09. The summed E-state index contributed by atoms with van der Waals surface area (Å²) in [7, 11) is 0. The van der Waals surface area contributed by atoms with Crippen molar-refractivity contribution in [2.24, 2.45) is 0 Å². The van der Waals surface area contributed by atoms with Crippen molar-refractivity contribution in [1.82, 2.24) is 5.32 Å². The van der Waals surface area contributed by atoms with Gasteiger partial charge in [-0.3, -0.25) is 4.79 Å². The molecule has 1 aliphatic rings. The lowest BCUT2D eigenvalue weighted by atomic mass is 10.1. The Bertz CT molecular complexity index is 1230. The van der Waals surface area contributed by atoms with Crippen molar-refractivity contribution in [3.05, 3.63) is 92.3 Å². The first-order valence-corrected chi connectivity index (χ1v) is 13.3. The third kappa shape index (κ3) is 6.61. The molecule has 3 aromatic rings. The Morgan fingerprint density at radius 2 is 1.80 bits per heavy atom. The van der Waals surface area contributed by atoms with Crippen LogP contribution >= 0.6 is 27.7 Å². The molecule has 1 heterocycles. The van der Waals surface area contributed by atoms with Crippen LogP contribution in [0.15, 0.2) is 70.0 Å². The fraction of sp³-hybridized carbons (Fsp3) is 0.250. The summed E-state index contributed by atoms with van der Waals surface area (Å²) in [5.41, 5.74) is 5.15. The van der Waals surface area contributed by atoms with Crippen molar-refractivity contribution in [1.29, 1.82) is 0 Å². The van der Waals surface area contributed by atoms with Crippen LogP contribution in [-0.2, 0) is 17.8 Å². The highest BCUT2D eigenvalue weighted by Gasteiger charge is 2.27. The Balaban J connectivity index is 1.49. The third-order valence-corrected chi connectivity index (χ3v) is 7.23. The first-order valence-electron chi connectivity index (χ1n) is 11.6. The minimum Gasteiger partial charge on any atom is -0.490 e. The number of carbonyl (C=O) groups is 1. The van der Waals surface area contributed by atoms with Gasteiger partial charge in [0.2, 0.25) is 0 Å². The van der Waals surface area contributed by atoms with E-state index in [1.807, 2.05) is 49.4 Å². The number of amides is 1. The van der Waals surface area contributed by atoms with Gasteiger partial charge in [0.25, 0.3) is 5.91 Å². The number of carbonyl (C=O) groups excluding carboxylic acids is 1. The third-order valence-electron chi connectivity index (χ3n) is 5.52. The number of ether oxygens (including phenoxy) is 2. The number of hydrogen-bond acceptors (Lipinski definition) is 5. The van der Waals surface area contributed by atoms with Crippen LogP contribution in [0.1, 0.15) is 36.1 Å². The average molecular weight is 554 g/mol. The number of hydrogen-bond donors (Lipinski definition) is 2. The average Bonchev–Trinajstić information content (AvgIpc) is 3.19. The Morgan fingerprint density at radius 3 is 2.51 bits per heavy atom. The maximum atomic E-state index is 12.6. The van der Waals surface area contributed by atoms with Gasteiger partial charge in [-0.15, -0.1) is 0 Å². The highest BCUT2D eigenvalue weighted by atomic mass is 79.9. The predicted octanol–water partition coefficient (Wildman–Crippen LogP) is 6.90. The number of rotatable bonds is 9. The topological polar surface area (TPSA) is 59.6 Å². The highest BCUT2D eigenvalue weighted by Crippen LogP contribution is 2.38. The molecule has 35 heavy (non-hydrogen) atoms. The van der Waals surface area contributed by atoms with Crippen LogP contribution in [0.5, 0.6) is 11.5 Å². The molecule has 182 valence electrons. The molecule has 1 amide bonds. The summed E-state index contributed by atoms with van der Waals surface area (Å²) in [5, 5.41) is 6.35. The van der Waals surface area contributed by atoms with E-state index in [1.54, 1.807) is 0 Å². The minimum atomic E-state index is -0.233. The molecule has 0 spiro atoms. The lowest BCUT2D eigenvalue weighted by molar-refractivity contribution is -0.116. The molecular weight excluding hydrogens is 524 g/mol. The highest BCUT2D eigenvalue weighted by molar-refractivity contribution is 9.10. The predicted molar refractivity (Wildman–Crippen MR) is 148 cm³/mol. The number of nitrogens with one attached hydrogen (secondary N) is 2. The summed E-state index contributed by atoms with van der Waals surface area (Å²) in [6, 6.07) is 20.3. The lowest BCUT2D eigenvalue weighted by Crippen LogP contribution is -2.30. The molecule has 1 fully saturated rings. The van der Waals surface area contributed by atoms with Gasteiger partial charge in [0.15, 0.2) is 17.0 Å². The molecule has 1 atom stereocenters. The first kappa shape index (κ1) is 25.2. The van der Waals surface area contributed by atoms with E-state index in [0.717, 1.165) is 27.7 Å². The number of benzene rings is 3. The first-order chi connectivity index (χ1) is 16.9. The van der Waals surface area contributed by atoms with Crippen LogP contribution in [0, 0.1) is 6.92 Å². The number of thioether (sulfide) groups is 1. The van der Waals surface area contributed by atoms with Crippen LogP contribution in [0.4, 0.5) is 5.69 Å². The molecule has 1 saturated heterocycles. The van der Waals surface area contributed by atoms with Gasteiger partial charge < -0.3 is 20.1 Å². The second kappa shape index (κ2) is 11.7. The summed E-state index contributed by atoms with van der Waals surface area (Å²) < 4.78 is 12.8. The zero-order chi connectivity index (χ0) is 24.8. The second-order valence-electron chi connectivity index (χ2n) is 8.21. The normalized spacial score (nSPS) is 16.3. The monoisotopic (exact) mass is 552 g/mol. The molecule has 0 unspecified atom stereocenters. The van der Waals surface area contributed by atoms with Crippen molar-refractivity contribution in [2.45, 2.75) is 39.3 Å². The van der Waals surface area contributed by atoms with Crippen molar-refractivity contribution in [2.75, 3.05) is 11.9 Å². The van der Waals surface area contributed by atoms with Crippen LogP contribution in [0.3, 0.4) is 0 Å². The summed E-state index contributed by atoms with van der Waals surface area (Å²) >= 11 is 5.10. The van der Waals surface area contributed by atoms with Gasteiger partial charge in [-0.2, -0.15) is 0 Å². The number of halogens is 1. The van der Waals surface area contributed by atoms with Crippen molar-refractivity contribution >= 4 is 45.4 Å².